The lowest BCUT2D eigenvalue weighted by Crippen LogP contribution is -2.16. The van der Waals surface area contributed by atoms with Gasteiger partial charge in [-0.1, -0.05) is 11.6 Å². The van der Waals surface area contributed by atoms with Crippen LogP contribution in [0.2, 0.25) is 5.02 Å². The number of aromatic nitrogens is 4. The first-order valence-corrected chi connectivity index (χ1v) is 9.69. The largest absolute Gasteiger partial charge is 0.263 e. The molecule has 0 unspecified atom stereocenters. The second-order valence-corrected chi connectivity index (χ2v) is 8.13. The number of anilines is 1. The van der Waals surface area contributed by atoms with Gasteiger partial charge in [-0.15, -0.1) is 0 Å². The lowest BCUT2D eigenvalue weighted by molar-refractivity contribution is 0.600. The number of hydrogen-bond donors (Lipinski definition) is 1. The highest BCUT2D eigenvalue weighted by atomic mass is 35.5. The summed E-state index contributed by atoms with van der Waals surface area (Å²) in [6.45, 7) is 7.22. The molecule has 26 heavy (non-hydrogen) atoms. The Labute approximate surface area is 157 Å². The number of nitrogens with zero attached hydrogens (tertiary/aromatic N) is 4. The number of benzene rings is 1. The van der Waals surface area contributed by atoms with Crippen molar-refractivity contribution in [3.8, 4) is 5.82 Å². The number of nitrogens with one attached hydrogen (secondary N) is 1. The number of aryl methyl sites for hydroxylation is 4. The Morgan fingerprint density at radius 2 is 1.73 bits per heavy atom. The molecule has 0 spiro atoms. The molecule has 0 radical (unpaired) electrons. The first-order chi connectivity index (χ1) is 12.2. The highest BCUT2D eigenvalue weighted by molar-refractivity contribution is 7.92. The van der Waals surface area contributed by atoms with Gasteiger partial charge in [0, 0.05) is 16.8 Å². The van der Waals surface area contributed by atoms with Crippen LogP contribution in [0.25, 0.3) is 5.82 Å². The van der Waals surface area contributed by atoms with Crippen molar-refractivity contribution in [3.63, 3.8) is 0 Å². The van der Waals surface area contributed by atoms with Crippen LogP contribution >= 0.6 is 11.6 Å². The van der Waals surface area contributed by atoms with Gasteiger partial charge in [-0.05, 0) is 57.0 Å². The monoisotopic (exact) mass is 391 g/mol. The van der Waals surface area contributed by atoms with E-state index in [4.69, 9.17) is 11.6 Å². The van der Waals surface area contributed by atoms with Crippen LogP contribution in [0.4, 0.5) is 5.82 Å². The predicted octanol–water partition coefficient (Wildman–Crippen LogP) is 3.35. The summed E-state index contributed by atoms with van der Waals surface area (Å²) < 4.78 is 29.7. The molecule has 9 heteroatoms. The molecule has 7 nitrogen and oxygen atoms in total. The van der Waals surface area contributed by atoms with E-state index >= 15 is 0 Å². The van der Waals surface area contributed by atoms with E-state index in [0.717, 1.165) is 11.4 Å². The third-order valence-electron chi connectivity index (χ3n) is 3.86. The summed E-state index contributed by atoms with van der Waals surface area (Å²) in [6.07, 6.45) is 1.30. The molecule has 0 fully saturated rings. The van der Waals surface area contributed by atoms with Crippen molar-refractivity contribution in [2.75, 3.05) is 4.72 Å². The van der Waals surface area contributed by atoms with E-state index < -0.39 is 10.0 Å². The second-order valence-electron chi connectivity index (χ2n) is 6.07. The predicted molar refractivity (Wildman–Crippen MR) is 100 cm³/mol. The van der Waals surface area contributed by atoms with Crippen LogP contribution in [0.3, 0.4) is 0 Å². The van der Waals surface area contributed by atoms with Crippen LogP contribution in [0, 0.1) is 27.7 Å². The summed E-state index contributed by atoms with van der Waals surface area (Å²) in [7, 11) is -3.82. The molecule has 136 valence electrons. The topological polar surface area (TPSA) is 89.8 Å². The summed E-state index contributed by atoms with van der Waals surface area (Å²) in [5.41, 5.74) is 2.97. The molecule has 3 rings (SSSR count). The quantitative estimate of drug-likeness (QED) is 0.736. The van der Waals surface area contributed by atoms with Gasteiger partial charge in [0.1, 0.15) is 12.1 Å². The van der Waals surface area contributed by atoms with Gasteiger partial charge in [0.05, 0.1) is 10.6 Å². The van der Waals surface area contributed by atoms with E-state index in [0.29, 0.717) is 22.0 Å². The van der Waals surface area contributed by atoms with Gasteiger partial charge in [-0.3, -0.25) is 4.72 Å². The van der Waals surface area contributed by atoms with Crippen molar-refractivity contribution < 1.29 is 8.42 Å². The van der Waals surface area contributed by atoms with Crippen LogP contribution < -0.4 is 4.72 Å². The molecule has 2 heterocycles. The zero-order chi connectivity index (χ0) is 19.1. The summed E-state index contributed by atoms with van der Waals surface area (Å²) in [4.78, 5) is 8.34. The van der Waals surface area contributed by atoms with Crippen molar-refractivity contribution in [1.29, 1.82) is 0 Å². The smallest absolute Gasteiger partial charge is 0.263 e. The SMILES string of the molecule is Cc1cc(C)n(-c2cc(NS(=O)(=O)c3cc(C)c(Cl)cc3C)ncn2)n1. The Bertz CT molecular complexity index is 1090. The lowest BCUT2D eigenvalue weighted by Gasteiger charge is -2.12. The van der Waals surface area contributed by atoms with Gasteiger partial charge >= 0.3 is 0 Å². The van der Waals surface area contributed by atoms with Crippen LogP contribution in [-0.4, -0.2) is 28.2 Å². The minimum Gasteiger partial charge on any atom is -0.263 e. The summed E-state index contributed by atoms with van der Waals surface area (Å²) in [6, 6.07) is 6.62. The number of rotatable bonds is 4. The van der Waals surface area contributed by atoms with Gasteiger partial charge in [0.2, 0.25) is 0 Å². The summed E-state index contributed by atoms with van der Waals surface area (Å²) in [5, 5.41) is 4.87. The molecule has 3 aromatic rings. The van der Waals surface area contributed by atoms with Gasteiger partial charge in [0.25, 0.3) is 10.0 Å². The maximum atomic E-state index is 12.8. The average molecular weight is 392 g/mol. The van der Waals surface area contributed by atoms with Gasteiger partial charge in [-0.2, -0.15) is 5.10 Å². The van der Waals surface area contributed by atoms with E-state index in [9.17, 15) is 8.42 Å². The molecule has 1 aromatic carbocycles. The molecule has 1 N–H and O–H groups in total. The van der Waals surface area contributed by atoms with Gasteiger partial charge < -0.3 is 0 Å². The van der Waals surface area contributed by atoms with Crippen molar-refractivity contribution in [3.05, 3.63) is 58.1 Å². The molecular formula is C17H18ClN5O2S. The maximum absolute atomic E-state index is 12.8. The number of halogens is 1. The molecule has 2 aromatic heterocycles. The first-order valence-electron chi connectivity index (χ1n) is 7.82. The second kappa shape index (κ2) is 6.69. The fraction of sp³-hybridized carbons (Fsp3) is 0.235. The average Bonchev–Trinajstić information content (AvgIpc) is 2.89. The van der Waals surface area contributed by atoms with Crippen molar-refractivity contribution in [2.45, 2.75) is 32.6 Å². The highest BCUT2D eigenvalue weighted by Gasteiger charge is 2.19. The Hall–Kier alpha value is -2.45. The molecule has 0 amide bonds. The molecule has 0 aliphatic rings. The summed E-state index contributed by atoms with van der Waals surface area (Å²) in [5.74, 6) is 0.641. The molecule has 0 saturated heterocycles. The Balaban J connectivity index is 1.97. The Morgan fingerprint density at radius 3 is 2.38 bits per heavy atom. The molecule has 0 saturated carbocycles. The van der Waals surface area contributed by atoms with Crippen LogP contribution in [0.1, 0.15) is 22.5 Å². The molecule has 0 bridgehead atoms. The Kier molecular flexibility index (Phi) is 4.72. The first kappa shape index (κ1) is 18.3. The normalized spacial score (nSPS) is 11.6. The van der Waals surface area contributed by atoms with E-state index in [1.54, 1.807) is 30.7 Å². The zero-order valence-corrected chi connectivity index (χ0v) is 16.4. The minimum atomic E-state index is -3.82. The van der Waals surface area contributed by atoms with E-state index in [2.05, 4.69) is 19.8 Å². The third kappa shape index (κ3) is 3.56. The fourth-order valence-electron chi connectivity index (χ4n) is 2.62. The molecule has 0 aliphatic heterocycles. The number of sulfonamides is 1. The summed E-state index contributed by atoms with van der Waals surface area (Å²) >= 11 is 6.06. The van der Waals surface area contributed by atoms with Crippen LogP contribution in [0.5, 0.6) is 0 Å². The van der Waals surface area contributed by atoms with E-state index in [1.807, 2.05) is 19.9 Å². The zero-order valence-electron chi connectivity index (χ0n) is 14.8. The van der Waals surface area contributed by atoms with Crippen LogP contribution in [-0.2, 0) is 10.0 Å². The highest BCUT2D eigenvalue weighted by Crippen LogP contribution is 2.25. The Morgan fingerprint density at radius 1 is 1.00 bits per heavy atom. The lowest BCUT2D eigenvalue weighted by atomic mass is 10.2. The van der Waals surface area contributed by atoms with Gasteiger partial charge in [-0.25, -0.2) is 23.1 Å². The van der Waals surface area contributed by atoms with Crippen molar-refractivity contribution in [1.82, 2.24) is 19.7 Å². The van der Waals surface area contributed by atoms with Gasteiger partial charge in [0.15, 0.2) is 5.82 Å². The fourth-order valence-corrected chi connectivity index (χ4v) is 4.15. The molecular weight excluding hydrogens is 374 g/mol. The van der Waals surface area contributed by atoms with E-state index in [1.165, 1.54) is 12.4 Å². The standard InChI is InChI=1S/C17H18ClN5O2S/c1-10-6-15(11(2)5-14(10)18)26(24,25)22-16-8-17(20-9-19-16)23-13(4)7-12(3)21-23/h5-9H,1-4H3,(H,19,20,22). The maximum Gasteiger partial charge on any atom is 0.263 e. The number of hydrogen-bond acceptors (Lipinski definition) is 5. The molecule has 0 atom stereocenters. The van der Waals surface area contributed by atoms with E-state index in [-0.39, 0.29) is 10.7 Å². The van der Waals surface area contributed by atoms with Crippen molar-refractivity contribution >= 4 is 27.4 Å². The van der Waals surface area contributed by atoms with Crippen molar-refractivity contribution in [2.24, 2.45) is 0 Å². The third-order valence-corrected chi connectivity index (χ3v) is 5.77. The minimum absolute atomic E-state index is 0.158. The van der Waals surface area contributed by atoms with Crippen LogP contribution in [0.15, 0.2) is 35.5 Å². The molecule has 0 aliphatic carbocycles.